The van der Waals surface area contributed by atoms with Crippen molar-refractivity contribution >= 4 is 17.4 Å². The Labute approximate surface area is 125 Å². The molecule has 1 aromatic carbocycles. The number of rotatable bonds is 4. The van der Waals surface area contributed by atoms with E-state index in [0.29, 0.717) is 29.3 Å². The number of amides is 1. The third kappa shape index (κ3) is 4.31. The van der Waals surface area contributed by atoms with E-state index in [1.807, 2.05) is 0 Å². The first-order valence-corrected chi connectivity index (χ1v) is 7.34. The van der Waals surface area contributed by atoms with E-state index in [-0.39, 0.29) is 23.7 Å². The van der Waals surface area contributed by atoms with Gasteiger partial charge in [-0.3, -0.25) is 9.59 Å². The third-order valence-corrected chi connectivity index (χ3v) is 3.43. The number of fused-ring (bicyclic) bond motifs is 1. The summed E-state index contributed by atoms with van der Waals surface area (Å²) in [6, 6.07) is 5.22. The van der Waals surface area contributed by atoms with Gasteiger partial charge in [0.15, 0.2) is 12.4 Å². The maximum absolute atomic E-state index is 12.4. The van der Waals surface area contributed by atoms with Crippen LogP contribution < -0.4 is 10.1 Å². The van der Waals surface area contributed by atoms with E-state index in [2.05, 4.69) is 33.0 Å². The summed E-state index contributed by atoms with van der Waals surface area (Å²) in [4.78, 5) is 23.7. The van der Waals surface area contributed by atoms with Gasteiger partial charge in [0.2, 0.25) is 0 Å². The highest BCUT2D eigenvalue weighted by Crippen LogP contribution is 2.30. The van der Waals surface area contributed by atoms with Gasteiger partial charge in [-0.15, -0.1) is 0 Å². The van der Waals surface area contributed by atoms with Gasteiger partial charge in [-0.2, -0.15) is 0 Å². The average Bonchev–Trinajstić information content (AvgIpc) is 2.35. The number of hydrogen-bond donors (Lipinski definition) is 1. The fraction of sp³-hybridized carbons (Fsp3) is 0.529. The minimum absolute atomic E-state index is 0.0307. The molecule has 0 bridgehead atoms. The molecule has 1 aromatic rings. The van der Waals surface area contributed by atoms with Crippen molar-refractivity contribution in [3.63, 3.8) is 0 Å². The van der Waals surface area contributed by atoms with Crippen molar-refractivity contribution in [3.05, 3.63) is 23.8 Å². The van der Waals surface area contributed by atoms with E-state index < -0.39 is 0 Å². The van der Waals surface area contributed by atoms with Gasteiger partial charge in [-0.05, 0) is 36.0 Å². The molecule has 0 aromatic heterocycles. The standard InChI is InChI=1S/C17H23NO3/c1-11(9-17(2,3)4)7-14(19)12-5-6-15-13(8-12)18-16(20)10-21-15/h5-6,8,11H,7,9-10H2,1-4H3,(H,18,20). The molecule has 1 heterocycles. The molecular weight excluding hydrogens is 266 g/mol. The Bertz CT molecular complexity index is 558. The number of ether oxygens (including phenoxy) is 1. The summed E-state index contributed by atoms with van der Waals surface area (Å²) < 4.78 is 5.29. The molecule has 1 N–H and O–H groups in total. The van der Waals surface area contributed by atoms with Gasteiger partial charge >= 0.3 is 0 Å². The fourth-order valence-electron chi connectivity index (χ4n) is 2.81. The molecule has 0 saturated carbocycles. The van der Waals surface area contributed by atoms with E-state index in [0.717, 1.165) is 6.42 Å². The van der Waals surface area contributed by atoms with Crippen LogP contribution in [0.3, 0.4) is 0 Å². The highest BCUT2D eigenvalue weighted by atomic mass is 16.5. The lowest BCUT2D eigenvalue weighted by atomic mass is 9.83. The molecule has 0 radical (unpaired) electrons. The molecular formula is C17H23NO3. The van der Waals surface area contributed by atoms with Crippen molar-refractivity contribution in [1.29, 1.82) is 0 Å². The van der Waals surface area contributed by atoms with Gasteiger partial charge in [0.05, 0.1) is 5.69 Å². The monoisotopic (exact) mass is 289 g/mol. The SMILES string of the molecule is CC(CC(=O)c1ccc2c(c1)NC(=O)CO2)CC(C)(C)C. The molecule has 21 heavy (non-hydrogen) atoms. The Balaban J connectivity index is 2.06. The van der Waals surface area contributed by atoms with Crippen molar-refractivity contribution < 1.29 is 14.3 Å². The quantitative estimate of drug-likeness (QED) is 0.861. The number of hydrogen-bond acceptors (Lipinski definition) is 3. The van der Waals surface area contributed by atoms with Gasteiger partial charge in [0, 0.05) is 12.0 Å². The topological polar surface area (TPSA) is 55.4 Å². The summed E-state index contributed by atoms with van der Waals surface area (Å²) in [5, 5.41) is 2.73. The predicted octanol–water partition coefficient (Wildman–Crippen LogP) is 3.66. The first-order chi connectivity index (χ1) is 9.74. The lowest BCUT2D eigenvalue weighted by Crippen LogP contribution is -2.25. The van der Waals surface area contributed by atoms with Crippen LogP contribution in [0.4, 0.5) is 5.69 Å². The fourth-order valence-corrected chi connectivity index (χ4v) is 2.81. The zero-order chi connectivity index (χ0) is 15.6. The number of carbonyl (C=O) groups excluding carboxylic acids is 2. The molecule has 2 rings (SSSR count). The summed E-state index contributed by atoms with van der Waals surface area (Å²) in [6.07, 6.45) is 1.52. The summed E-state index contributed by atoms with van der Waals surface area (Å²) in [5.41, 5.74) is 1.43. The lowest BCUT2D eigenvalue weighted by molar-refractivity contribution is -0.118. The summed E-state index contributed by atoms with van der Waals surface area (Å²) in [5.74, 6) is 0.871. The van der Waals surface area contributed by atoms with E-state index in [1.165, 1.54) is 0 Å². The smallest absolute Gasteiger partial charge is 0.262 e. The van der Waals surface area contributed by atoms with Crippen molar-refractivity contribution in [3.8, 4) is 5.75 Å². The Hall–Kier alpha value is -1.84. The maximum atomic E-state index is 12.4. The molecule has 0 spiro atoms. The highest BCUT2D eigenvalue weighted by molar-refractivity contribution is 6.00. The second-order valence-corrected chi connectivity index (χ2v) is 7.05. The molecule has 0 saturated heterocycles. The molecule has 114 valence electrons. The molecule has 1 aliphatic heterocycles. The second-order valence-electron chi connectivity index (χ2n) is 7.05. The number of benzene rings is 1. The Morgan fingerprint density at radius 2 is 2.10 bits per heavy atom. The van der Waals surface area contributed by atoms with E-state index in [4.69, 9.17) is 4.74 Å². The number of nitrogens with one attached hydrogen (secondary N) is 1. The van der Waals surface area contributed by atoms with Crippen LogP contribution in [0.1, 0.15) is 50.9 Å². The van der Waals surface area contributed by atoms with Crippen LogP contribution in [0.2, 0.25) is 0 Å². The van der Waals surface area contributed by atoms with E-state index in [1.54, 1.807) is 18.2 Å². The van der Waals surface area contributed by atoms with Crippen LogP contribution in [-0.2, 0) is 4.79 Å². The third-order valence-electron chi connectivity index (χ3n) is 3.43. The van der Waals surface area contributed by atoms with Crippen molar-refractivity contribution in [2.45, 2.75) is 40.5 Å². The zero-order valence-electron chi connectivity index (χ0n) is 13.2. The molecule has 1 amide bonds. The van der Waals surface area contributed by atoms with Crippen LogP contribution in [0.5, 0.6) is 5.75 Å². The predicted molar refractivity (Wildman–Crippen MR) is 82.8 cm³/mol. The van der Waals surface area contributed by atoms with Gasteiger partial charge in [-0.1, -0.05) is 27.7 Å². The first-order valence-electron chi connectivity index (χ1n) is 7.34. The van der Waals surface area contributed by atoms with Gasteiger partial charge in [-0.25, -0.2) is 0 Å². The van der Waals surface area contributed by atoms with Crippen LogP contribution in [0.15, 0.2) is 18.2 Å². The molecule has 1 unspecified atom stereocenters. The Morgan fingerprint density at radius 3 is 2.76 bits per heavy atom. The highest BCUT2D eigenvalue weighted by Gasteiger charge is 2.21. The van der Waals surface area contributed by atoms with Crippen LogP contribution in [-0.4, -0.2) is 18.3 Å². The Morgan fingerprint density at radius 1 is 1.38 bits per heavy atom. The first kappa shape index (κ1) is 15.5. The van der Waals surface area contributed by atoms with Crippen LogP contribution in [0, 0.1) is 11.3 Å². The molecule has 0 aliphatic carbocycles. The summed E-state index contributed by atoms with van der Waals surface area (Å²) >= 11 is 0. The van der Waals surface area contributed by atoms with Gasteiger partial charge in [0.25, 0.3) is 5.91 Å². The molecule has 1 atom stereocenters. The van der Waals surface area contributed by atoms with Crippen LogP contribution >= 0.6 is 0 Å². The maximum Gasteiger partial charge on any atom is 0.262 e. The number of ketones is 1. The largest absolute Gasteiger partial charge is 0.482 e. The minimum atomic E-state index is -0.187. The van der Waals surface area contributed by atoms with Crippen molar-refractivity contribution in [2.75, 3.05) is 11.9 Å². The molecule has 4 nitrogen and oxygen atoms in total. The van der Waals surface area contributed by atoms with Gasteiger partial charge in [0.1, 0.15) is 5.75 Å². The Kier molecular flexibility index (Phi) is 4.35. The summed E-state index contributed by atoms with van der Waals surface area (Å²) in [7, 11) is 0. The zero-order valence-corrected chi connectivity index (χ0v) is 13.2. The number of Topliss-reactive ketones (excluding diaryl/α,β-unsaturated/α-hetero) is 1. The average molecular weight is 289 g/mol. The number of anilines is 1. The van der Waals surface area contributed by atoms with Crippen molar-refractivity contribution in [1.82, 2.24) is 0 Å². The number of carbonyl (C=O) groups is 2. The van der Waals surface area contributed by atoms with E-state index in [9.17, 15) is 9.59 Å². The molecule has 1 aliphatic rings. The van der Waals surface area contributed by atoms with Gasteiger partial charge < -0.3 is 10.1 Å². The molecule has 4 heteroatoms. The van der Waals surface area contributed by atoms with Crippen molar-refractivity contribution in [2.24, 2.45) is 11.3 Å². The van der Waals surface area contributed by atoms with E-state index >= 15 is 0 Å². The van der Waals surface area contributed by atoms with Crippen LogP contribution in [0.25, 0.3) is 0 Å². The minimum Gasteiger partial charge on any atom is -0.482 e. The second kappa shape index (κ2) is 5.88. The normalized spacial score (nSPS) is 15.7. The lowest BCUT2D eigenvalue weighted by Gasteiger charge is -2.23. The molecule has 0 fully saturated rings. The summed E-state index contributed by atoms with van der Waals surface area (Å²) in [6.45, 7) is 8.68.